The van der Waals surface area contributed by atoms with Crippen molar-refractivity contribution in [3.8, 4) is 0 Å². The summed E-state index contributed by atoms with van der Waals surface area (Å²) in [5.74, 6) is 0.255. The zero-order valence-electron chi connectivity index (χ0n) is 9.99. The molecule has 1 atom stereocenters. The molecule has 1 aromatic heterocycles. The van der Waals surface area contributed by atoms with Crippen LogP contribution in [-0.4, -0.2) is 42.5 Å². The third-order valence-electron chi connectivity index (χ3n) is 3.20. The van der Waals surface area contributed by atoms with Crippen molar-refractivity contribution >= 4 is 15.8 Å². The molecule has 0 spiro atoms. The number of hydrogen-bond donors (Lipinski definition) is 2. The van der Waals surface area contributed by atoms with Crippen molar-refractivity contribution in [2.24, 2.45) is 5.92 Å². The van der Waals surface area contributed by atoms with E-state index >= 15 is 0 Å². The molecular weight excluding hydrogens is 254 g/mol. The van der Waals surface area contributed by atoms with Gasteiger partial charge in [-0.05, 0) is 30.9 Å². The summed E-state index contributed by atoms with van der Waals surface area (Å²) in [5.41, 5.74) is 5.61. The van der Waals surface area contributed by atoms with Crippen LogP contribution in [0.5, 0.6) is 0 Å². The molecule has 1 fully saturated rings. The van der Waals surface area contributed by atoms with Crippen molar-refractivity contribution < 1.29 is 13.5 Å². The molecule has 18 heavy (non-hydrogen) atoms. The Morgan fingerprint density at radius 3 is 3.00 bits per heavy atom. The molecule has 0 aliphatic carbocycles. The summed E-state index contributed by atoms with van der Waals surface area (Å²) in [6.07, 6.45) is 2.88. The summed E-state index contributed by atoms with van der Waals surface area (Å²) in [4.78, 5) is 3.87. The lowest BCUT2D eigenvalue weighted by Gasteiger charge is -2.17. The van der Waals surface area contributed by atoms with E-state index in [0.717, 1.165) is 6.42 Å². The molecule has 0 radical (unpaired) electrons. The van der Waals surface area contributed by atoms with Crippen LogP contribution in [-0.2, 0) is 10.0 Å². The molecule has 6 nitrogen and oxygen atoms in total. The number of aromatic nitrogens is 1. The summed E-state index contributed by atoms with van der Waals surface area (Å²) in [6.45, 7) is 1.01. The summed E-state index contributed by atoms with van der Waals surface area (Å²) in [5, 5.41) is 8.88. The molecule has 2 rings (SSSR count). The van der Waals surface area contributed by atoms with Gasteiger partial charge >= 0.3 is 0 Å². The highest BCUT2D eigenvalue weighted by Crippen LogP contribution is 2.27. The van der Waals surface area contributed by atoms with E-state index in [1.165, 1.54) is 16.6 Å². The van der Waals surface area contributed by atoms with E-state index in [9.17, 15) is 8.42 Å². The highest BCUT2D eigenvalue weighted by molar-refractivity contribution is 7.89. The molecule has 0 saturated carbocycles. The zero-order chi connectivity index (χ0) is 13.2. The molecule has 100 valence electrons. The second kappa shape index (κ2) is 5.21. The van der Waals surface area contributed by atoms with Crippen LogP contribution in [0, 0.1) is 5.92 Å². The van der Waals surface area contributed by atoms with E-state index in [-0.39, 0.29) is 23.2 Å². The van der Waals surface area contributed by atoms with Crippen LogP contribution in [0.3, 0.4) is 0 Å². The molecule has 1 aliphatic heterocycles. The molecule has 1 unspecified atom stereocenters. The van der Waals surface area contributed by atoms with Crippen molar-refractivity contribution in [3.63, 3.8) is 0 Å². The van der Waals surface area contributed by atoms with E-state index in [1.807, 2.05) is 0 Å². The maximum Gasteiger partial charge on any atom is 0.246 e. The van der Waals surface area contributed by atoms with Crippen LogP contribution >= 0.6 is 0 Å². The Hall–Kier alpha value is -1.18. The summed E-state index contributed by atoms with van der Waals surface area (Å²) in [6, 6.07) is 3.03. The molecule has 0 aromatic carbocycles. The Labute approximate surface area is 106 Å². The van der Waals surface area contributed by atoms with Crippen LogP contribution in [0.4, 0.5) is 5.82 Å². The van der Waals surface area contributed by atoms with Gasteiger partial charge in [0.15, 0.2) is 0 Å². The Bertz CT molecular complexity index is 518. The molecule has 0 amide bonds. The molecule has 2 heterocycles. The average molecular weight is 271 g/mol. The van der Waals surface area contributed by atoms with Crippen LogP contribution in [0.1, 0.15) is 12.8 Å². The van der Waals surface area contributed by atoms with Gasteiger partial charge in [-0.3, -0.25) is 0 Å². The molecule has 1 aromatic rings. The lowest BCUT2D eigenvalue weighted by atomic mass is 10.1. The number of anilines is 1. The predicted octanol–water partition coefficient (Wildman–Crippen LogP) is 0.0568. The normalized spacial score (nSPS) is 21.3. The minimum atomic E-state index is -3.56. The fourth-order valence-corrected chi connectivity index (χ4v) is 3.79. The summed E-state index contributed by atoms with van der Waals surface area (Å²) >= 11 is 0. The van der Waals surface area contributed by atoms with Gasteiger partial charge in [0.25, 0.3) is 0 Å². The van der Waals surface area contributed by atoms with Gasteiger partial charge in [0, 0.05) is 25.9 Å². The van der Waals surface area contributed by atoms with Crippen LogP contribution in [0.2, 0.25) is 0 Å². The second-order valence-corrected chi connectivity index (χ2v) is 6.32. The standard InChI is InChI=1S/C11H17N3O3S/c12-11-10(2-1-5-13-11)18(16,17)14-6-3-9(8-14)4-7-15/h1-2,5,9,15H,3-4,6-8H2,(H2,12,13). The summed E-state index contributed by atoms with van der Waals surface area (Å²) < 4.78 is 26.1. The molecule has 3 N–H and O–H groups in total. The first-order valence-electron chi connectivity index (χ1n) is 5.87. The minimum Gasteiger partial charge on any atom is -0.396 e. The Morgan fingerprint density at radius 2 is 2.33 bits per heavy atom. The quantitative estimate of drug-likeness (QED) is 0.807. The number of sulfonamides is 1. The van der Waals surface area contributed by atoms with Gasteiger partial charge in [-0.15, -0.1) is 0 Å². The Morgan fingerprint density at radius 1 is 1.56 bits per heavy atom. The fourth-order valence-electron chi connectivity index (χ4n) is 2.19. The number of hydrogen-bond acceptors (Lipinski definition) is 5. The number of aliphatic hydroxyl groups excluding tert-OH is 1. The van der Waals surface area contributed by atoms with E-state index in [0.29, 0.717) is 19.5 Å². The predicted molar refractivity (Wildman–Crippen MR) is 67.2 cm³/mol. The van der Waals surface area contributed by atoms with Gasteiger partial charge in [-0.1, -0.05) is 0 Å². The average Bonchev–Trinajstić information content (AvgIpc) is 2.79. The Balaban J connectivity index is 2.21. The van der Waals surface area contributed by atoms with Crippen LogP contribution in [0.15, 0.2) is 23.2 Å². The molecule has 7 heteroatoms. The van der Waals surface area contributed by atoms with Crippen molar-refractivity contribution in [1.82, 2.24) is 9.29 Å². The highest BCUT2D eigenvalue weighted by Gasteiger charge is 2.33. The van der Waals surface area contributed by atoms with Crippen molar-refractivity contribution in [2.45, 2.75) is 17.7 Å². The molecule has 1 aliphatic rings. The summed E-state index contributed by atoms with van der Waals surface area (Å²) in [7, 11) is -3.56. The van der Waals surface area contributed by atoms with E-state index in [1.54, 1.807) is 6.07 Å². The topological polar surface area (TPSA) is 96.5 Å². The number of pyridine rings is 1. The number of aliphatic hydroxyl groups is 1. The first-order valence-corrected chi connectivity index (χ1v) is 7.31. The maximum absolute atomic E-state index is 12.3. The van der Waals surface area contributed by atoms with E-state index < -0.39 is 10.0 Å². The lowest BCUT2D eigenvalue weighted by Crippen LogP contribution is -2.29. The van der Waals surface area contributed by atoms with Gasteiger partial charge in [-0.25, -0.2) is 13.4 Å². The van der Waals surface area contributed by atoms with Crippen molar-refractivity contribution in [3.05, 3.63) is 18.3 Å². The lowest BCUT2D eigenvalue weighted by molar-refractivity contribution is 0.259. The first-order chi connectivity index (χ1) is 8.55. The molecule has 0 bridgehead atoms. The number of nitrogens with zero attached hydrogens (tertiary/aromatic N) is 2. The number of rotatable bonds is 4. The maximum atomic E-state index is 12.3. The van der Waals surface area contributed by atoms with Gasteiger partial charge < -0.3 is 10.8 Å². The smallest absolute Gasteiger partial charge is 0.246 e. The van der Waals surface area contributed by atoms with E-state index in [4.69, 9.17) is 10.8 Å². The number of nitrogens with two attached hydrogens (primary N) is 1. The first kappa shape index (κ1) is 13.3. The largest absolute Gasteiger partial charge is 0.396 e. The van der Waals surface area contributed by atoms with Crippen LogP contribution < -0.4 is 5.73 Å². The monoisotopic (exact) mass is 271 g/mol. The van der Waals surface area contributed by atoms with Gasteiger partial charge in [0.1, 0.15) is 10.7 Å². The van der Waals surface area contributed by atoms with Gasteiger partial charge in [0.05, 0.1) is 0 Å². The zero-order valence-corrected chi connectivity index (χ0v) is 10.8. The third kappa shape index (κ3) is 2.47. The minimum absolute atomic E-state index is 0.0307. The van der Waals surface area contributed by atoms with Gasteiger partial charge in [0.2, 0.25) is 10.0 Å². The van der Waals surface area contributed by atoms with E-state index in [2.05, 4.69) is 4.98 Å². The number of nitrogen functional groups attached to an aromatic ring is 1. The third-order valence-corrected chi connectivity index (χ3v) is 5.12. The molecular formula is C11H17N3O3S. The molecule has 1 saturated heterocycles. The van der Waals surface area contributed by atoms with Crippen molar-refractivity contribution in [2.75, 3.05) is 25.4 Å². The SMILES string of the molecule is Nc1ncccc1S(=O)(=O)N1CCC(CCO)C1. The fraction of sp³-hybridized carbons (Fsp3) is 0.545. The van der Waals surface area contributed by atoms with Crippen molar-refractivity contribution in [1.29, 1.82) is 0 Å². The van der Waals surface area contributed by atoms with Gasteiger partial charge in [-0.2, -0.15) is 4.31 Å². The highest BCUT2D eigenvalue weighted by atomic mass is 32.2. The Kier molecular flexibility index (Phi) is 3.84. The second-order valence-electron chi connectivity index (χ2n) is 4.42. The van der Waals surface area contributed by atoms with Crippen LogP contribution in [0.25, 0.3) is 0 Å².